The summed E-state index contributed by atoms with van der Waals surface area (Å²) < 4.78 is 35.5. The maximum atomic E-state index is 14.4. The Balaban J connectivity index is 0.751. The van der Waals surface area contributed by atoms with Crippen molar-refractivity contribution in [2.45, 2.75) is 168 Å². The third-order valence-corrected chi connectivity index (χ3v) is 18.3. The van der Waals surface area contributed by atoms with E-state index in [0.29, 0.717) is 54.8 Å². The van der Waals surface area contributed by atoms with Gasteiger partial charge in [-0.1, -0.05) is 62.1 Å². The van der Waals surface area contributed by atoms with Crippen LogP contribution in [-0.2, 0) is 62.6 Å². The van der Waals surface area contributed by atoms with Gasteiger partial charge >= 0.3 is 12.2 Å². The minimum atomic E-state index is -1.45. The number of ether oxygens (including phenoxy) is 6. The van der Waals surface area contributed by atoms with Gasteiger partial charge in [0.15, 0.2) is 17.7 Å². The number of imide groups is 1. The molecule has 546 valence electrons. The Bertz CT molecular complexity index is 3890. The summed E-state index contributed by atoms with van der Waals surface area (Å²) in [4.78, 5) is 140. The summed E-state index contributed by atoms with van der Waals surface area (Å²) in [6, 6.07) is 17.5. The predicted octanol–water partition coefficient (Wildman–Crippen LogP) is 7.67. The van der Waals surface area contributed by atoms with Crippen molar-refractivity contribution in [3.8, 4) is 17.2 Å². The number of hydrogen-bond donors (Lipinski definition) is 7. The van der Waals surface area contributed by atoms with Crippen molar-refractivity contribution >= 4 is 82.2 Å². The fraction of sp³-hybridized carbons (Fsp3) is 0.459. The zero-order valence-corrected chi connectivity index (χ0v) is 59.4. The Morgan fingerprint density at radius 1 is 0.686 bits per heavy atom. The number of fused-ring (bicyclic) bond motifs is 4. The number of hydrogen-bond acceptors (Lipinski definition) is 19. The molecule has 0 radical (unpaired) electrons. The smallest absolute Gasteiger partial charge is 0.416 e. The van der Waals surface area contributed by atoms with Crippen LogP contribution >= 0.6 is 0 Å². The normalized spacial score (nSPS) is 18.3. The number of aliphatic hydroxyl groups excluding tert-OH is 1. The van der Waals surface area contributed by atoms with E-state index in [1.54, 1.807) is 76.2 Å². The molecule has 10 amide bonds. The van der Waals surface area contributed by atoms with Crippen LogP contribution in [0.1, 0.15) is 144 Å². The summed E-state index contributed by atoms with van der Waals surface area (Å²) in [5, 5.41) is 25.8. The van der Waals surface area contributed by atoms with Crippen LogP contribution in [0.5, 0.6) is 17.2 Å². The van der Waals surface area contributed by atoms with Gasteiger partial charge in [-0.25, -0.2) is 14.5 Å². The van der Waals surface area contributed by atoms with Crippen molar-refractivity contribution in [2.24, 2.45) is 11.7 Å². The second-order valence-electron chi connectivity index (χ2n) is 26.9. The van der Waals surface area contributed by atoms with Crippen LogP contribution in [0.4, 0.5) is 32.3 Å². The summed E-state index contributed by atoms with van der Waals surface area (Å²) in [7, 11) is 4.80. The number of nitrogens with one attached hydrogen (secondary N) is 5. The number of unbranched alkanes of at least 4 members (excludes halogenated alkanes) is 3. The highest BCUT2D eigenvalue weighted by atomic mass is 16.6. The minimum Gasteiger partial charge on any atom is -0.496 e. The summed E-state index contributed by atoms with van der Waals surface area (Å²) in [5.41, 5.74) is 11.1. The number of rotatable bonds is 31. The van der Waals surface area contributed by atoms with Gasteiger partial charge in [-0.2, -0.15) is 0 Å². The SMILES string of the molecule is CNc1ccc(COC(=O)N2c3cc(OCCCCCCc4cc5c(cc4OC)C(=O)N4C=C(C)CC4CN5C(=O)OCc4ccc(NC(=O)[C@H](C)NC(=O)[C@@H](NC(=O)CCC(C)OCC(C)(N)NC(=O)CCN5C(=O)C=CC5=O)C(C)C)cc4)c(OC)cc3C(=O)N3C=C(C)C[C@H]3[C@@H]2O)cc1. The molecule has 7 atom stereocenters. The highest BCUT2D eigenvalue weighted by Crippen LogP contribution is 2.43. The fourth-order valence-corrected chi connectivity index (χ4v) is 12.6. The second kappa shape index (κ2) is 33.9. The number of carbonyl (C=O) groups is 10. The number of anilines is 4. The molecule has 0 aromatic heterocycles. The minimum absolute atomic E-state index is 0.0115. The lowest BCUT2D eigenvalue weighted by Gasteiger charge is -2.31. The lowest BCUT2D eigenvalue weighted by Crippen LogP contribution is -2.57. The topological polar surface area (TPSA) is 349 Å². The van der Waals surface area contributed by atoms with Crippen LogP contribution in [0.2, 0.25) is 0 Å². The molecule has 0 spiro atoms. The molecule has 0 saturated heterocycles. The standard InChI is InChI=1S/C74H93N11O17/c1-43(2)66(79-62(86)25-16-46(5)102-42-74(7,75)80-63(87)28-29-81-64(88)26-27-65(81)89)68(91)77-47(6)67(90)78-52-23-19-49(20-24-52)40-100-72(95)84-39-53-31-44(3)37-82(53)69(92)54-34-59(97-9)50(33-56(54)84)15-13-11-12-14-30-99-61-36-57-55(35-60(61)98-10)70(93)83-38-45(4)32-58(83)71(94)85(57)73(96)101-41-48-17-21-51(76-8)22-18-48/h17-24,26-27,33-38,43,46-47,53,58,66,71,76,94H,11-16,25,28-32,39-42,75H2,1-10H3,(H,77,91)(H,78,90)(H,79,86)(H,80,87)/t46?,47-,53?,58-,66-,71-,74?/m0/s1. The maximum Gasteiger partial charge on any atom is 0.416 e. The van der Waals surface area contributed by atoms with Crippen molar-refractivity contribution in [2.75, 3.05) is 68.0 Å². The number of benzene rings is 4. The molecule has 9 rings (SSSR count). The Labute approximate surface area is 593 Å². The van der Waals surface area contributed by atoms with Gasteiger partial charge in [-0.15, -0.1) is 0 Å². The number of nitrogens with two attached hydrogens (primary N) is 1. The first-order valence-electron chi connectivity index (χ1n) is 34.3. The van der Waals surface area contributed by atoms with Crippen LogP contribution in [0.25, 0.3) is 0 Å². The molecule has 0 bridgehead atoms. The molecular formula is C74H93N11O17. The molecule has 3 unspecified atom stereocenters. The summed E-state index contributed by atoms with van der Waals surface area (Å²) in [6.07, 6.45) is 6.68. The van der Waals surface area contributed by atoms with Crippen molar-refractivity contribution in [1.29, 1.82) is 0 Å². The highest BCUT2D eigenvalue weighted by Gasteiger charge is 2.46. The van der Waals surface area contributed by atoms with E-state index in [1.165, 1.54) is 43.1 Å². The Morgan fingerprint density at radius 2 is 1.29 bits per heavy atom. The van der Waals surface area contributed by atoms with Crippen molar-refractivity contribution < 1.29 is 81.5 Å². The average molecular weight is 1410 g/mol. The molecule has 4 aromatic rings. The maximum absolute atomic E-state index is 14.4. The zero-order chi connectivity index (χ0) is 73.7. The van der Waals surface area contributed by atoms with Gasteiger partial charge < -0.3 is 75.6 Å². The van der Waals surface area contributed by atoms with Gasteiger partial charge in [0.1, 0.15) is 36.7 Å². The number of aryl methyl sites for hydroxylation is 1. The van der Waals surface area contributed by atoms with Gasteiger partial charge in [0.05, 0.1) is 74.7 Å². The Hall–Kier alpha value is -10.3. The summed E-state index contributed by atoms with van der Waals surface area (Å²) >= 11 is 0. The number of methoxy groups -OCH3 is 2. The first kappa shape index (κ1) is 75.9. The van der Waals surface area contributed by atoms with Crippen molar-refractivity contribution in [3.05, 3.63) is 136 Å². The average Bonchev–Trinajstić information content (AvgIpc) is 1.59. The van der Waals surface area contributed by atoms with Crippen LogP contribution in [0, 0.1) is 5.92 Å². The molecule has 28 nitrogen and oxygen atoms in total. The molecule has 8 N–H and O–H groups in total. The Morgan fingerprint density at radius 3 is 1.95 bits per heavy atom. The van der Waals surface area contributed by atoms with Crippen molar-refractivity contribution in [1.82, 2.24) is 30.7 Å². The molecule has 0 saturated carbocycles. The fourth-order valence-electron chi connectivity index (χ4n) is 12.6. The molecule has 5 aliphatic heterocycles. The van der Waals surface area contributed by atoms with E-state index in [4.69, 9.17) is 34.2 Å². The van der Waals surface area contributed by atoms with Crippen LogP contribution in [0.3, 0.4) is 0 Å². The van der Waals surface area contributed by atoms with E-state index in [9.17, 15) is 53.1 Å². The summed E-state index contributed by atoms with van der Waals surface area (Å²) in [6.45, 7) is 12.1. The van der Waals surface area contributed by atoms with E-state index < -0.39 is 89.7 Å². The lowest BCUT2D eigenvalue weighted by atomic mass is 10.0. The molecular weight excluding hydrogens is 1310 g/mol. The van der Waals surface area contributed by atoms with Gasteiger partial charge in [0.2, 0.25) is 23.6 Å². The zero-order valence-electron chi connectivity index (χ0n) is 59.4. The van der Waals surface area contributed by atoms with E-state index >= 15 is 0 Å². The number of carbonyl (C=O) groups excluding carboxylic acids is 10. The first-order chi connectivity index (χ1) is 48.6. The Kier molecular flexibility index (Phi) is 25.2. The number of nitrogens with zero attached hydrogens (tertiary/aromatic N) is 5. The first-order valence-corrected chi connectivity index (χ1v) is 34.3. The van der Waals surface area contributed by atoms with Gasteiger partial charge in [0, 0.05) is 68.4 Å². The molecule has 4 aromatic carbocycles. The monoisotopic (exact) mass is 1410 g/mol. The third-order valence-electron chi connectivity index (χ3n) is 18.3. The van der Waals surface area contributed by atoms with Crippen LogP contribution < -0.4 is 56.3 Å². The van der Waals surface area contributed by atoms with Gasteiger partial charge in [0.25, 0.3) is 23.6 Å². The van der Waals surface area contributed by atoms with Crippen LogP contribution in [0.15, 0.2) is 108 Å². The lowest BCUT2D eigenvalue weighted by molar-refractivity contribution is -0.137. The van der Waals surface area contributed by atoms with Gasteiger partial charge in [-0.3, -0.25) is 48.2 Å². The van der Waals surface area contributed by atoms with Gasteiger partial charge in [-0.05, 0) is 138 Å². The van der Waals surface area contributed by atoms with Crippen molar-refractivity contribution in [3.63, 3.8) is 0 Å². The van der Waals surface area contributed by atoms with E-state index in [0.717, 1.165) is 62.8 Å². The predicted molar refractivity (Wildman–Crippen MR) is 378 cm³/mol. The second-order valence-corrected chi connectivity index (χ2v) is 26.9. The van der Waals surface area contributed by atoms with E-state index in [-0.39, 0.29) is 105 Å². The summed E-state index contributed by atoms with van der Waals surface area (Å²) in [5.74, 6) is -3.02. The number of amides is 10. The quantitative estimate of drug-likeness (QED) is 0.0144. The highest BCUT2D eigenvalue weighted by molar-refractivity contribution is 6.13. The van der Waals surface area contributed by atoms with E-state index in [2.05, 4.69) is 26.6 Å². The number of aliphatic hydroxyl groups is 1. The largest absolute Gasteiger partial charge is 0.496 e. The molecule has 5 heterocycles. The molecule has 102 heavy (non-hydrogen) atoms. The molecule has 0 aliphatic carbocycles. The third kappa shape index (κ3) is 18.8. The molecule has 0 fully saturated rings. The molecule has 28 heteroatoms. The van der Waals surface area contributed by atoms with Crippen LogP contribution in [-0.4, -0.2) is 169 Å². The van der Waals surface area contributed by atoms with E-state index in [1.807, 2.05) is 50.4 Å². The molecule has 5 aliphatic rings.